The van der Waals surface area contributed by atoms with Crippen LogP contribution in [0.3, 0.4) is 0 Å². The minimum atomic E-state index is -0.198. The smallest absolute Gasteiger partial charge is 0.403 e. The van der Waals surface area contributed by atoms with Crippen LogP contribution in [0.25, 0.3) is 0 Å². The molecule has 1 unspecified atom stereocenters. The van der Waals surface area contributed by atoms with Crippen molar-refractivity contribution in [2.24, 2.45) is 5.92 Å². The van der Waals surface area contributed by atoms with Crippen LogP contribution in [0.2, 0.25) is 0 Å². The van der Waals surface area contributed by atoms with E-state index in [1.54, 1.807) is 0 Å². The van der Waals surface area contributed by atoms with Gasteiger partial charge in [-0.15, -0.1) is 0 Å². The van der Waals surface area contributed by atoms with Gasteiger partial charge in [-0.25, -0.2) is 0 Å². The van der Waals surface area contributed by atoms with Gasteiger partial charge in [-0.3, -0.25) is 0 Å². The summed E-state index contributed by atoms with van der Waals surface area (Å²) in [6, 6.07) is 0. The second kappa shape index (κ2) is 3.94. The largest absolute Gasteiger partial charge is 0.471 e. The Morgan fingerprint density at radius 3 is 1.64 bits per heavy atom. The highest BCUT2D eigenvalue weighted by Crippen LogP contribution is 2.39. The average Bonchev–Trinajstić information content (AvgIpc) is 2.20. The highest BCUT2D eigenvalue weighted by molar-refractivity contribution is 14.1. The quantitative estimate of drug-likeness (QED) is 0.443. The third-order valence-electron chi connectivity index (χ3n) is 3.17. The molecule has 1 heterocycles. The lowest BCUT2D eigenvalue weighted by Crippen LogP contribution is -2.41. The van der Waals surface area contributed by atoms with Crippen LogP contribution in [0, 0.1) is 5.92 Å². The van der Waals surface area contributed by atoms with E-state index in [1.165, 1.54) is 0 Å². The van der Waals surface area contributed by atoms with Gasteiger partial charge in [-0.05, 0) is 33.6 Å². The summed E-state index contributed by atoms with van der Waals surface area (Å²) in [4.78, 5) is 0. The lowest BCUT2D eigenvalue weighted by atomic mass is 9.78. The molecule has 0 amide bonds. The molecule has 0 aromatic carbocycles. The Morgan fingerprint density at radius 2 is 1.36 bits per heavy atom. The lowest BCUT2D eigenvalue weighted by Gasteiger charge is -2.32. The predicted molar refractivity (Wildman–Crippen MR) is 68.7 cm³/mol. The zero-order valence-electron chi connectivity index (χ0n) is 9.93. The van der Waals surface area contributed by atoms with Gasteiger partial charge in [0.25, 0.3) is 0 Å². The second-order valence-electron chi connectivity index (χ2n) is 5.31. The maximum absolute atomic E-state index is 5.96. The molecule has 0 aromatic heterocycles. The minimum Gasteiger partial charge on any atom is -0.403 e. The molecular weight excluding hydrogens is 290 g/mol. The van der Waals surface area contributed by atoms with Crippen molar-refractivity contribution in [2.75, 3.05) is 0 Å². The van der Waals surface area contributed by atoms with Gasteiger partial charge >= 0.3 is 7.12 Å². The minimum absolute atomic E-state index is 0.0689. The first-order valence-corrected chi connectivity index (χ1v) is 6.41. The number of halogens is 1. The van der Waals surface area contributed by atoms with Crippen molar-refractivity contribution in [1.29, 1.82) is 0 Å². The molecule has 0 saturated carbocycles. The molecule has 0 aliphatic carbocycles. The van der Waals surface area contributed by atoms with E-state index in [1.807, 2.05) is 0 Å². The van der Waals surface area contributed by atoms with Crippen molar-refractivity contribution in [3.63, 3.8) is 0 Å². The second-order valence-corrected chi connectivity index (χ2v) is 6.75. The van der Waals surface area contributed by atoms with Crippen LogP contribution in [-0.2, 0) is 9.31 Å². The third-order valence-corrected chi connectivity index (χ3v) is 5.19. The van der Waals surface area contributed by atoms with Gasteiger partial charge in [-0.2, -0.15) is 0 Å². The Kier molecular flexibility index (Phi) is 3.60. The van der Waals surface area contributed by atoms with E-state index in [-0.39, 0.29) is 18.3 Å². The molecule has 0 aromatic rings. The summed E-state index contributed by atoms with van der Waals surface area (Å²) < 4.78 is 12.3. The molecule has 0 N–H and O–H groups in total. The fourth-order valence-electron chi connectivity index (χ4n) is 1.33. The predicted octanol–water partition coefficient (Wildman–Crippen LogP) is 3.08. The van der Waals surface area contributed by atoms with Crippen LogP contribution in [0.15, 0.2) is 0 Å². The zero-order valence-corrected chi connectivity index (χ0v) is 12.1. The zero-order chi connectivity index (χ0) is 11.1. The molecule has 0 bridgehead atoms. The molecule has 0 radical (unpaired) electrons. The molecule has 0 spiro atoms. The summed E-state index contributed by atoms with van der Waals surface area (Å²) in [6.45, 7) is 12.8. The van der Waals surface area contributed by atoms with Crippen molar-refractivity contribution in [3.05, 3.63) is 0 Å². The molecular formula is C10H20BIO2. The molecule has 2 nitrogen and oxygen atoms in total. The van der Waals surface area contributed by atoms with Gasteiger partial charge in [0.1, 0.15) is 0 Å². The van der Waals surface area contributed by atoms with Gasteiger partial charge in [0.05, 0.1) is 11.2 Å². The Hall–Kier alpha value is 0.715. The monoisotopic (exact) mass is 310 g/mol. The van der Waals surface area contributed by atoms with Crippen LogP contribution in [0.4, 0.5) is 0 Å². The van der Waals surface area contributed by atoms with E-state index >= 15 is 0 Å². The van der Waals surface area contributed by atoms with Gasteiger partial charge in [0, 0.05) is 3.82 Å². The molecule has 1 fully saturated rings. The van der Waals surface area contributed by atoms with Crippen molar-refractivity contribution in [3.8, 4) is 0 Å². The van der Waals surface area contributed by atoms with Gasteiger partial charge in [0.15, 0.2) is 0 Å². The summed E-state index contributed by atoms with van der Waals surface area (Å²) >= 11 is 2.42. The number of rotatable bonds is 2. The number of hydrogen-bond acceptors (Lipinski definition) is 2. The average molecular weight is 310 g/mol. The lowest BCUT2D eigenvalue weighted by molar-refractivity contribution is 0.00578. The topological polar surface area (TPSA) is 18.5 Å². The first kappa shape index (κ1) is 12.8. The van der Waals surface area contributed by atoms with Crippen LogP contribution in [0.5, 0.6) is 0 Å². The van der Waals surface area contributed by atoms with Crippen molar-refractivity contribution >= 4 is 29.7 Å². The number of hydrogen-bond donors (Lipinski definition) is 0. The molecule has 14 heavy (non-hydrogen) atoms. The normalized spacial score (nSPS) is 27.0. The Labute approximate surface area is 101 Å². The Morgan fingerprint density at radius 1 is 1.00 bits per heavy atom. The Balaban J connectivity index is 2.73. The Bertz CT molecular complexity index is 200. The molecule has 1 aliphatic rings. The fraction of sp³-hybridized carbons (Fsp3) is 1.00. The van der Waals surface area contributed by atoms with Crippen LogP contribution >= 0.6 is 22.6 Å². The van der Waals surface area contributed by atoms with E-state index in [9.17, 15) is 0 Å². The van der Waals surface area contributed by atoms with Crippen molar-refractivity contribution in [2.45, 2.75) is 56.6 Å². The summed E-state index contributed by atoms with van der Waals surface area (Å²) in [6.07, 6.45) is 0. The highest BCUT2D eigenvalue weighted by atomic mass is 127. The fourth-order valence-corrected chi connectivity index (χ4v) is 1.63. The van der Waals surface area contributed by atoms with E-state index in [2.05, 4.69) is 64.1 Å². The van der Waals surface area contributed by atoms with Crippen molar-refractivity contribution in [1.82, 2.24) is 0 Å². The van der Waals surface area contributed by atoms with E-state index in [0.29, 0.717) is 9.74 Å². The van der Waals surface area contributed by atoms with Crippen LogP contribution in [-0.4, -0.2) is 22.1 Å². The van der Waals surface area contributed by atoms with Crippen LogP contribution < -0.4 is 0 Å². The SMILES string of the molecule is CC(C)C(I)B1OC(C)(C)C(C)(C)O1. The summed E-state index contributed by atoms with van der Waals surface area (Å²) in [7, 11) is -0.0689. The third kappa shape index (κ3) is 2.27. The molecule has 1 atom stereocenters. The number of alkyl halides is 1. The summed E-state index contributed by atoms with van der Waals surface area (Å²) in [5.74, 6) is 0.574. The molecule has 82 valence electrons. The summed E-state index contributed by atoms with van der Waals surface area (Å²) in [5.41, 5.74) is -0.397. The van der Waals surface area contributed by atoms with E-state index in [4.69, 9.17) is 9.31 Å². The first-order chi connectivity index (χ1) is 6.17. The van der Waals surface area contributed by atoms with Gasteiger partial charge < -0.3 is 9.31 Å². The molecule has 1 saturated heterocycles. The maximum Gasteiger partial charge on any atom is 0.471 e. The highest BCUT2D eigenvalue weighted by Gasteiger charge is 2.53. The maximum atomic E-state index is 5.96. The van der Waals surface area contributed by atoms with Crippen LogP contribution in [0.1, 0.15) is 41.5 Å². The molecule has 1 aliphatic heterocycles. The molecule has 1 rings (SSSR count). The standard InChI is InChI=1S/C10H20BIO2/c1-7(2)8(12)11-13-9(3,4)10(5,6)14-11/h7-8H,1-6H3. The van der Waals surface area contributed by atoms with Crippen molar-refractivity contribution < 1.29 is 9.31 Å². The van der Waals surface area contributed by atoms with Gasteiger partial charge in [0.2, 0.25) is 0 Å². The molecule has 4 heteroatoms. The first-order valence-electron chi connectivity index (χ1n) is 5.17. The summed E-state index contributed by atoms with van der Waals surface area (Å²) in [5, 5.41) is 0. The van der Waals surface area contributed by atoms with E-state index < -0.39 is 0 Å². The van der Waals surface area contributed by atoms with E-state index in [0.717, 1.165) is 0 Å². The van der Waals surface area contributed by atoms with Gasteiger partial charge in [-0.1, -0.05) is 36.4 Å².